The van der Waals surface area contributed by atoms with E-state index in [1.54, 1.807) is 0 Å². The Balaban J connectivity index is 2.50. The minimum absolute atomic E-state index is 0.0530. The molecule has 0 aromatic heterocycles. The van der Waals surface area contributed by atoms with Crippen LogP contribution in [0.4, 0.5) is 0 Å². The molecule has 0 saturated carbocycles. The number of halogens is 1. The van der Waals surface area contributed by atoms with Gasteiger partial charge in [0.05, 0.1) is 0 Å². The summed E-state index contributed by atoms with van der Waals surface area (Å²) in [6, 6.07) is 0.301. The first-order valence-electron chi connectivity index (χ1n) is 4.19. The molecule has 0 aromatic rings. The molecule has 1 heterocycles. The van der Waals surface area contributed by atoms with Crippen molar-refractivity contribution in [2.45, 2.75) is 13.0 Å². The zero-order valence-electron chi connectivity index (χ0n) is 7.59. The van der Waals surface area contributed by atoms with E-state index in [-0.39, 0.29) is 11.8 Å². The second-order valence-electron chi connectivity index (χ2n) is 3.33. The van der Waals surface area contributed by atoms with Crippen molar-refractivity contribution in [1.29, 1.82) is 0 Å². The Morgan fingerprint density at radius 1 is 1.58 bits per heavy atom. The van der Waals surface area contributed by atoms with Crippen LogP contribution in [-0.4, -0.2) is 54.3 Å². The molecule has 3 nitrogen and oxygen atoms in total. The maximum Gasteiger partial charge on any atom is 0.237 e. The third-order valence-corrected chi connectivity index (χ3v) is 2.49. The highest BCUT2D eigenvalue weighted by atomic mass is 35.5. The highest BCUT2D eigenvalue weighted by molar-refractivity contribution is 6.27. The third-order valence-electron chi connectivity index (χ3n) is 2.27. The zero-order valence-corrected chi connectivity index (χ0v) is 8.34. The van der Waals surface area contributed by atoms with Crippen molar-refractivity contribution in [3.8, 4) is 0 Å². The van der Waals surface area contributed by atoms with Crippen LogP contribution in [0.1, 0.15) is 6.92 Å². The van der Waals surface area contributed by atoms with Gasteiger partial charge in [-0.25, -0.2) is 0 Å². The van der Waals surface area contributed by atoms with Crippen molar-refractivity contribution in [3.05, 3.63) is 0 Å². The molecule has 0 aliphatic carbocycles. The molecular weight excluding hydrogens is 176 g/mol. The van der Waals surface area contributed by atoms with Crippen molar-refractivity contribution >= 4 is 17.5 Å². The maximum atomic E-state index is 11.3. The molecule has 0 aromatic carbocycles. The molecule has 1 atom stereocenters. The SMILES string of the molecule is C[C@H]1CN(C)CCN1C(=O)CCl. The smallest absolute Gasteiger partial charge is 0.237 e. The lowest BCUT2D eigenvalue weighted by molar-refractivity contribution is -0.132. The largest absolute Gasteiger partial charge is 0.336 e. The number of hydrogen-bond acceptors (Lipinski definition) is 2. The normalized spacial score (nSPS) is 25.9. The van der Waals surface area contributed by atoms with Crippen molar-refractivity contribution in [2.24, 2.45) is 0 Å². The van der Waals surface area contributed by atoms with Gasteiger partial charge in [0.25, 0.3) is 0 Å². The fraction of sp³-hybridized carbons (Fsp3) is 0.875. The van der Waals surface area contributed by atoms with Gasteiger partial charge in [-0.1, -0.05) is 0 Å². The molecule has 4 heteroatoms. The van der Waals surface area contributed by atoms with Gasteiger partial charge in [-0.05, 0) is 14.0 Å². The number of carbonyl (C=O) groups is 1. The Bertz CT molecular complexity index is 174. The van der Waals surface area contributed by atoms with E-state index in [1.165, 1.54) is 0 Å². The van der Waals surface area contributed by atoms with Gasteiger partial charge in [0.15, 0.2) is 0 Å². The van der Waals surface area contributed by atoms with Crippen LogP contribution in [0.5, 0.6) is 0 Å². The van der Waals surface area contributed by atoms with Gasteiger partial charge in [-0.2, -0.15) is 0 Å². The van der Waals surface area contributed by atoms with Gasteiger partial charge < -0.3 is 9.80 Å². The molecule has 0 unspecified atom stereocenters. The second-order valence-corrected chi connectivity index (χ2v) is 3.60. The summed E-state index contributed by atoms with van der Waals surface area (Å²) in [5, 5.41) is 0. The Hall–Kier alpha value is -0.280. The molecule has 0 N–H and O–H groups in total. The summed E-state index contributed by atoms with van der Waals surface area (Å²) in [6.45, 7) is 4.76. The predicted molar refractivity (Wildman–Crippen MR) is 49.4 cm³/mol. The van der Waals surface area contributed by atoms with E-state index in [2.05, 4.69) is 18.9 Å². The van der Waals surface area contributed by atoms with E-state index in [0.29, 0.717) is 6.04 Å². The molecule has 1 aliphatic rings. The van der Waals surface area contributed by atoms with Crippen LogP contribution in [0.3, 0.4) is 0 Å². The van der Waals surface area contributed by atoms with E-state index >= 15 is 0 Å². The van der Waals surface area contributed by atoms with Crippen LogP contribution in [0.15, 0.2) is 0 Å². The lowest BCUT2D eigenvalue weighted by Crippen LogP contribution is -2.53. The summed E-state index contributed by atoms with van der Waals surface area (Å²) in [4.78, 5) is 15.3. The quantitative estimate of drug-likeness (QED) is 0.559. The first-order chi connectivity index (χ1) is 5.65. The lowest BCUT2D eigenvalue weighted by atomic mass is 10.2. The highest BCUT2D eigenvalue weighted by Gasteiger charge is 2.24. The standard InChI is InChI=1S/C8H15ClN2O/c1-7-6-10(2)3-4-11(7)8(12)5-9/h7H,3-6H2,1-2H3/t7-/m0/s1. The first-order valence-corrected chi connectivity index (χ1v) is 4.72. The van der Waals surface area contributed by atoms with Crippen molar-refractivity contribution < 1.29 is 4.79 Å². The molecule has 70 valence electrons. The number of alkyl halides is 1. The van der Waals surface area contributed by atoms with E-state index in [0.717, 1.165) is 19.6 Å². The number of amides is 1. The van der Waals surface area contributed by atoms with Crippen LogP contribution in [0, 0.1) is 0 Å². The number of carbonyl (C=O) groups excluding carboxylic acids is 1. The summed E-state index contributed by atoms with van der Waals surface area (Å²) >= 11 is 5.48. The maximum absolute atomic E-state index is 11.3. The Morgan fingerprint density at radius 3 is 2.75 bits per heavy atom. The Morgan fingerprint density at radius 2 is 2.25 bits per heavy atom. The minimum atomic E-state index is 0.0530. The molecule has 12 heavy (non-hydrogen) atoms. The van der Waals surface area contributed by atoms with Gasteiger partial charge >= 0.3 is 0 Å². The van der Waals surface area contributed by atoms with E-state index < -0.39 is 0 Å². The van der Waals surface area contributed by atoms with Gasteiger partial charge in [-0.15, -0.1) is 11.6 Å². The van der Waals surface area contributed by atoms with Crippen LogP contribution in [-0.2, 0) is 4.79 Å². The highest BCUT2D eigenvalue weighted by Crippen LogP contribution is 2.08. The predicted octanol–water partition coefficient (Wildman–Crippen LogP) is 0.388. The number of hydrogen-bond donors (Lipinski definition) is 0. The molecule has 0 spiro atoms. The number of piperazine rings is 1. The summed E-state index contributed by atoms with van der Waals surface area (Å²) in [5.41, 5.74) is 0. The van der Waals surface area contributed by atoms with Gasteiger partial charge in [0, 0.05) is 25.7 Å². The fourth-order valence-corrected chi connectivity index (χ4v) is 1.74. The number of rotatable bonds is 1. The summed E-state index contributed by atoms with van der Waals surface area (Å²) < 4.78 is 0. The average molecular weight is 191 g/mol. The second kappa shape index (κ2) is 4.10. The lowest BCUT2D eigenvalue weighted by Gasteiger charge is -2.37. The van der Waals surface area contributed by atoms with Crippen LogP contribution in [0.2, 0.25) is 0 Å². The van der Waals surface area contributed by atoms with Crippen LogP contribution < -0.4 is 0 Å². The van der Waals surface area contributed by atoms with Crippen LogP contribution in [0.25, 0.3) is 0 Å². The monoisotopic (exact) mass is 190 g/mol. The van der Waals surface area contributed by atoms with Crippen molar-refractivity contribution in [2.75, 3.05) is 32.6 Å². The van der Waals surface area contributed by atoms with Gasteiger partial charge in [0.1, 0.15) is 5.88 Å². The summed E-state index contributed by atoms with van der Waals surface area (Å²) in [7, 11) is 2.07. The molecule has 1 aliphatic heterocycles. The molecule has 1 fully saturated rings. The van der Waals surface area contributed by atoms with Gasteiger partial charge in [-0.3, -0.25) is 4.79 Å². The van der Waals surface area contributed by atoms with Crippen molar-refractivity contribution in [3.63, 3.8) is 0 Å². The molecule has 0 radical (unpaired) electrons. The molecular formula is C8H15ClN2O. The Labute approximate surface area is 78.3 Å². The molecule has 1 amide bonds. The number of nitrogens with zero attached hydrogens (tertiary/aromatic N) is 2. The summed E-state index contributed by atoms with van der Waals surface area (Å²) in [5.74, 6) is 0.158. The Kier molecular flexibility index (Phi) is 3.35. The third kappa shape index (κ3) is 2.11. The molecule has 1 saturated heterocycles. The topological polar surface area (TPSA) is 23.6 Å². The minimum Gasteiger partial charge on any atom is -0.336 e. The molecule has 1 rings (SSSR count). The first kappa shape index (κ1) is 9.81. The van der Waals surface area contributed by atoms with Crippen molar-refractivity contribution in [1.82, 2.24) is 9.80 Å². The van der Waals surface area contributed by atoms with E-state index in [4.69, 9.17) is 11.6 Å². The molecule has 0 bridgehead atoms. The zero-order chi connectivity index (χ0) is 9.14. The van der Waals surface area contributed by atoms with E-state index in [9.17, 15) is 4.79 Å². The van der Waals surface area contributed by atoms with Crippen LogP contribution >= 0.6 is 11.6 Å². The summed E-state index contributed by atoms with van der Waals surface area (Å²) in [6.07, 6.45) is 0. The van der Waals surface area contributed by atoms with E-state index in [1.807, 2.05) is 4.90 Å². The fourth-order valence-electron chi connectivity index (χ4n) is 1.59. The number of likely N-dealkylation sites (N-methyl/N-ethyl adjacent to an activating group) is 1. The average Bonchev–Trinajstić information content (AvgIpc) is 2.03. The van der Waals surface area contributed by atoms with Gasteiger partial charge in [0.2, 0.25) is 5.91 Å².